The van der Waals surface area contributed by atoms with Gasteiger partial charge in [-0.1, -0.05) is 30.3 Å². The maximum Gasteiger partial charge on any atom is 0.187 e. The number of hydrogen-bond acceptors (Lipinski definition) is 2. The molecule has 0 spiro atoms. The van der Waals surface area contributed by atoms with Crippen molar-refractivity contribution in [2.75, 3.05) is 5.32 Å². The van der Waals surface area contributed by atoms with Crippen molar-refractivity contribution in [2.45, 2.75) is 6.92 Å². The van der Waals surface area contributed by atoms with Crippen molar-refractivity contribution in [1.82, 2.24) is 0 Å². The molecular formula is C16H13F2NO. The second kappa shape index (κ2) is 6.10. The van der Waals surface area contributed by atoms with Gasteiger partial charge >= 0.3 is 0 Å². The largest absolute Gasteiger partial charge is 0.357 e. The Morgan fingerprint density at radius 1 is 1.10 bits per heavy atom. The molecule has 0 unspecified atom stereocenters. The molecule has 0 radical (unpaired) electrons. The Balaban J connectivity index is 2.13. The molecule has 0 aromatic heterocycles. The highest BCUT2D eigenvalue weighted by Gasteiger charge is 2.05. The SMILES string of the molecule is CC(=CC(=O)c1ccccc1)Nc1ccc(F)cc1F. The molecular weight excluding hydrogens is 260 g/mol. The summed E-state index contributed by atoms with van der Waals surface area (Å²) in [5.41, 5.74) is 1.15. The van der Waals surface area contributed by atoms with Gasteiger partial charge < -0.3 is 5.32 Å². The van der Waals surface area contributed by atoms with E-state index in [1.165, 1.54) is 12.1 Å². The van der Waals surface area contributed by atoms with Crippen LogP contribution in [0, 0.1) is 11.6 Å². The Kier molecular flexibility index (Phi) is 4.25. The van der Waals surface area contributed by atoms with Crippen LogP contribution >= 0.6 is 0 Å². The van der Waals surface area contributed by atoms with Crippen LogP contribution in [0.25, 0.3) is 0 Å². The molecule has 0 saturated carbocycles. The average Bonchev–Trinajstić information content (AvgIpc) is 2.43. The third-order valence-electron chi connectivity index (χ3n) is 2.67. The minimum absolute atomic E-state index is 0.126. The summed E-state index contributed by atoms with van der Waals surface area (Å²) >= 11 is 0. The lowest BCUT2D eigenvalue weighted by Crippen LogP contribution is -2.02. The molecule has 1 N–H and O–H groups in total. The Morgan fingerprint density at radius 2 is 1.80 bits per heavy atom. The lowest BCUT2D eigenvalue weighted by Gasteiger charge is -2.07. The number of carbonyl (C=O) groups excluding carboxylic acids is 1. The first-order valence-corrected chi connectivity index (χ1v) is 6.06. The van der Waals surface area contributed by atoms with E-state index in [0.29, 0.717) is 11.3 Å². The number of carbonyl (C=O) groups is 1. The highest BCUT2D eigenvalue weighted by molar-refractivity contribution is 6.05. The van der Waals surface area contributed by atoms with Gasteiger partial charge in [-0.05, 0) is 19.1 Å². The maximum atomic E-state index is 13.5. The second-order valence-corrected chi connectivity index (χ2v) is 4.31. The van der Waals surface area contributed by atoms with Gasteiger partial charge in [-0.2, -0.15) is 0 Å². The minimum atomic E-state index is -0.704. The summed E-state index contributed by atoms with van der Waals surface area (Å²) in [6.07, 6.45) is 1.37. The molecule has 0 amide bonds. The van der Waals surface area contributed by atoms with Crippen LogP contribution < -0.4 is 5.32 Å². The number of benzene rings is 2. The number of anilines is 1. The molecule has 0 atom stereocenters. The molecule has 20 heavy (non-hydrogen) atoms. The Morgan fingerprint density at radius 3 is 2.45 bits per heavy atom. The third-order valence-corrected chi connectivity index (χ3v) is 2.67. The average molecular weight is 273 g/mol. The van der Waals surface area contributed by atoms with Crippen LogP contribution in [0.3, 0.4) is 0 Å². The number of halogens is 2. The standard InChI is InChI=1S/C16H13F2NO/c1-11(9-16(20)12-5-3-2-4-6-12)19-15-8-7-13(17)10-14(15)18/h2-10,19H,1H3. The molecule has 4 heteroatoms. The third kappa shape index (κ3) is 3.51. The highest BCUT2D eigenvalue weighted by atomic mass is 19.1. The van der Waals surface area contributed by atoms with Crippen LogP contribution in [-0.4, -0.2) is 5.78 Å². The Labute approximate surface area is 115 Å². The molecule has 0 saturated heterocycles. The molecule has 2 nitrogen and oxygen atoms in total. The van der Waals surface area contributed by atoms with E-state index in [0.717, 1.165) is 12.1 Å². The van der Waals surface area contributed by atoms with Crippen molar-refractivity contribution in [1.29, 1.82) is 0 Å². The molecule has 0 fully saturated rings. The van der Waals surface area contributed by atoms with Gasteiger partial charge in [0.2, 0.25) is 0 Å². The topological polar surface area (TPSA) is 29.1 Å². The van der Waals surface area contributed by atoms with E-state index < -0.39 is 11.6 Å². The smallest absolute Gasteiger partial charge is 0.187 e. The summed E-state index contributed by atoms with van der Waals surface area (Å²) in [5.74, 6) is -1.53. The van der Waals surface area contributed by atoms with E-state index in [-0.39, 0.29) is 11.5 Å². The van der Waals surface area contributed by atoms with Crippen molar-refractivity contribution in [3.63, 3.8) is 0 Å². The van der Waals surface area contributed by atoms with Gasteiger partial charge in [0, 0.05) is 23.4 Å². The van der Waals surface area contributed by atoms with E-state index in [1.807, 2.05) is 6.07 Å². The van der Waals surface area contributed by atoms with E-state index in [2.05, 4.69) is 5.32 Å². The minimum Gasteiger partial charge on any atom is -0.357 e. The lowest BCUT2D eigenvalue weighted by molar-refractivity contribution is 0.104. The van der Waals surface area contributed by atoms with Gasteiger partial charge in [0.15, 0.2) is 5.78 Å². The van der Waals surface area contributed by atoms with Gasteiger partial charge in [0.25, 0.3) is 0 Å². The molecule has 0 aliphatic carbocycles. The Hall–Kier alpha value is -2.49. The maximum absolute atomic E-state index is 13.5. The number of ketones is 1. The first kappa shape index (κ1) is 13.9. The van der Waals surface area contributed by atoms with Crippen LogP contribution in [0.15, 0.2) is 60.3 Å². The molecule has 0 aliphatic rings. The van der Waals surface area contributed by atoms with Crippen molar-refractivity contribution in [2.24, 2.45) is 0 Å². The predicted octanol–water partition coefficient (Wildman–Crippen LogP) is 4.16. The van der Waals surface area contributed by atoms with Gasteiger partial charge in [-0.3, -0.25) is 4.79 Å². The second-order valence-electron chi connectivity index (χ2n) is 4.31. The lowest BCUT2D eigenvalue weighted by atomic mass is 10.1. The fraction of sp³-hybridized carbons (Fsp3) is 0.0625. The molecule has 0 heterocycles. The number of hydrogen-bond donors (Lipinski definition) is 1. The molecule has 2 rings (SSSR count). The van der Waals surface area contributed by atoms with Crippen molar-refractivity contribution < 1.29 is 13.6 Å². The number of allylic oxidation sites excluding steroid dienone is 2. The van der Waals surface area contributed by atoms with Crippen molar-refractivity contribution in [3.8, 4) is 0 Å². The zero-order valence-corrected chi connectivity index (χ0v) is 10.9. The first-order chi connectivity index (χ1) is 9.56. The van der Waals surface area contributed by atoms with Gasteiger partial charge in [-0.25, -0.2) is 8.78 Å². The summed E-state index contributed by atoms with van der Waals surface area (Å²) in [5, 5.41) is 2.74. The van der Waals surface area contributed by atoms with Crippen LogP contribution in [-0.2, 0) is 0 Å². The van der Waals surface area contributed by atoms with E-state index >= 15 is 0 Å². The number of rotatable bonds is 4. The Bertz CT molecular complexity index is 651. The molecule has 2 aromatic rings. The van der Waals surface area contributed by atoms with Gasteiger partial charge in [0.1, 0.15) is 11.6 Å². The van der Waals surface area contributed by atoms with E-state index in [4.69, 9.17) is 0 Å². The summed E-state index contributed by atoms with van der Waals surface area (Å²) < 4.78 is 26.2. The fourth-order valence-corrected chi connectivity index (χ4v) is 1.72. The first-order valence-electron chi connectivity index (χ1n) is 6.06. The zero-order valence-electron chi connectivity index (χ0n) is 10.9. The monoisotopic (exact) mass is 273 g/mol. The molecule has 0 bridgehead atoms. The normalized spacial score (nSPS) is 11.2. The predicted molar refractivity (Wildman–Crippen MR) is 74.5 cm³/mol. The quantitative estimate of drug-likeness (QED) is 0.669. The summed E-state index contributed by atoms with van der Waals surface area (Å²) in [4.78, 5) is 11.9. The van der Waals surface area contributed by atoms with Crippen LogP contribution in [0.4, 0.5) is 14.5 Å². The van der Waals surface area contributed by atoms with Crippen LogP contribution in [0.2, 0.25) is 0 Å². The summed E-state index contributed by atoms with van der Waals surface area (Å²) in [7, 11) is 0. The fourth-order valence-electron chi connectivity index (χ4n) is 1.72. The van der Waals surface area contributed by atoms with Crippen molar-refractivity contribution in [3.05, 3.63) is 77.5 Å². The van der Waals surface area contributed by atoms with Gasteiger partial charge in [0.05, 0.1) is 5.69 Å². The van der Waals surface area contributed by atoms with Crippen LogP contribution in [0.5, 0.6) is 0 Å². The van der Waals surface area contributed by atoms with E-state index in [9.17, 15) is 13.6 Å². The number of nitrogens with one attached hydrogen (secondary N) is 1. The molecule has 102 valence electrons. The van der Waals surface area contributed by atoms with E-state index in [1.54, 1.807) is 31.2 Å². The molecule has 0 aliphatic heterocycles. The summed E-state index contributed by atoms with van der Waals surface area (Å²) in [6, 6.07) is 12.0. The van der Waals surface area contributed by atoms with Gasteiger partial charge in [-0.15, -0.1) is 0 Å². The summed E-state index contributed by atoms with van der Waals surface area (Å²) in [6.45, 7) is 1.64. The van der Waals surface area contributed by atoms with Crippen molar-refractivity contribution >= 4 is 11.5 Å². The molecule has 2 aromatic carbocycles. The zero-order chi connectivity index (χ0) is 14.5. The highest BCUT2D eigenvalue weighted by Crippen LogP contribution is 2.17. The van der Waals surface area contributed by atoms with Crippen LogP contribution in [0.1, 0.15) is 17.3 Å².